The second kappa shape index (κ2) is 26.4. The first-order valence-electron chi connectivity index (χ1n) is 18.0. The molecule has 0 aromatic heterocycles. The van der Waals surface area contributed by atoms with Crippen molar-refractivity contribution in [3.63, 3.8) is 0 Å². The van der Waals surface area contributed by atoms with Crippen LogP contribution in [0, 0.1) is 5.41 Å². The second-order valence-corrected chi connectivity index (χ2v) is 14.0. The normalized spacial score (nSPS) is 12.3. The Labute approximate surface area is 247 Å². The van der Waals surface area contributed by atoms with E-state index in [0.29, 0.717) is 0 Å². The van der Waals surface area contributed by atoms with Gasteiger partial charge in [-0.3, -0.25) is 4.79 Å². The minimum atomic E-state index is -0.372. The van der Waals surface area contributed by atoms with E-state index in [1.165, 1.54) is 161 Å². The van der Waals surface area contributed by atoms with Crippen molar-refractivity contribution >= 4 is 5.97 Å². The van der Waals surface area contributed by atoms with Crippen molar-refractivity contribution in [3.8, 4) is 0 Å². The van der Waals surface area contributed by atoms with Gasteiger partial charge in [-0.25, -0.2) is 0 Å². The molecule has 0 fully saturated rings. The zero-order chi connectivity index (χ0) is 29.1. The third-order valence-corrected chi connectivity index (χ3v) is 8.94. The molecular formula is C37H74O2. The van der Waals surface area contributed by atoms with Crippen molar-refractivity contribution in [2.24, 2.45) is 5.41 Å². The van der Waals surface area contributed by atoms with Gasteiger partial charge in [0.1, 0.15) is 5.60 Å². The number of hydrogen-bond acceptors (Lipinski definition) is 2. The molecule has 2 nitrogen and oxygen atoms in total. The smallest absolute Gasteiger partial charge is 0.312 e. The van der Waals surface area contributed by atoms with Gasteiger partial charge in [-0.2, -0.15) is 0 Å². The predicted molar refractivity (Wildman–Crippen MR) is 175 cm³/mol. The van der Waals surface area contributed by atoms with Gasteiger partial charge in [-0.15, -0.1) is 0 Å². The summed E-state index contributed by atoms with van der Waals surface area (Å²) >= 11 is 0. The summed E-state index contributed by atoms with van der Waals surface area (Å²) in [4.78, 5) is 12.3. The molecule has 0 radical (unpaired) electrons. The molecule has 0 aliphatic carbocycles. The number of carbonyl (C=O) groups is 1. The Balaban J connectivity index is 3.28. The maximum atomic E-state index is 12.3. The molecule has 39 heavy (non-hydrogen) atoms. The van der Waals surface area contributed by atoms with Crippen LogP contribution in [0.5, 0.6) is 0 Å². The van der Waals surface area contributed by atoms with Crippen LogP contribution in [0.4, 0.5) is 0 Å². The van der Waals surface area contributed by atoms with Crippen LogP contribution >= 0.6 is 0 Å². The van der Waals surface area contributed by atoms with Crippen molar-refractivity contribution in [1.29, 1.82) is 0 Å². The molecule has 0 rings (SSSR count). The van der Waals surface area contributed by atoms with Gasteiger partial charge in [0.25, 0.3) is 0 Å². The second-order valence-electron chi connectivity index (χ2n) is 14.0. The van der Waals surface area contributed by atoms with E-state index in [4.69, 9.17) is 4.74 Å². The van der Waals surface area contributed by atoms with Crippen molar-refractivity contribution in [1.82, 2.24) is 0 Å². The fraction of sp³-hybridized carbons (Fsp3) is 0.973. The summed E-state index contributed by atoms with van der Waals surface area (Å²) in [5, 5.41) is 0. The monoisotopic (exact) mass is 551 g/mol. The molecule has 0 N–H and O–H groups in total. The molecule has 2 heteroatoms. The van der Waals surface area contributed by atoms with E-state index in [2.05, 4.69) is 27.7 Å². The number of carbonyl (C=O) groups excluding carboxylic acids is 1. The molecule has 0 bridgehead atoms. The van der Waals surface area contributed by atoms with Crippen molar-refractivity contribution < 1.29 is 9.53 Å². The maximum Gasteiger partial charge on any atom is 0.312 e. The Morgan fingerprint density at radius 1 is 0.436 bits per heavy atom. The van der Waals surface area contributed by atoms with E-state index in [-0.39, 0.29) is 17.0 Å². The van der Waals surface area contributed by atoms with Gasteiger partial charge in [0.15, 0.2) is 0 Å². The van der Waals surface area contributed by atoms with Gasteiger partial charge in [-0.1, -0.05) is 174 Å². The van der Waals surface area contributed by atoms with E-state index in [1.54, 1.807) is 0 Å². The van der Waals surface area contributed by atoms with E-state index in [9.17, 15) is 4.79 Å². The Hall–Kier alpha value is -0.530. The maximum absolute atomic E-state index is 12.3. The lowest BCUT2D eigenvalue weighted by Crippen LogP contribution is -2.35. The lowest BCUT2D eigenvalue weighted by molar-refractivity contribution is -0.168. The quantitative estimate of drug-likeness (QED) is 0.0656. The Bertz CT molecular complexity index is 522. The summed E-state index contributed by atoms with van der Waals surface area (Å²) in [6, 6.07) is 0. The highest BCUT2D eigenvalue weighted by Crippen LogP contribution is 2.27. The predicted octanol–water partition coefficient (Wildman–Crippen LogP) is 13.3. The molecule has 0 aromatic carbocycles. The topological polar surface area (TPSA) is 26.3 Å². The van der Waals surface area contributed by atoms with Crippen LogP contribution < -0.4 is 0 Å². The third-order valence-electron chi connectivity index (χ3n) is 8.94. The molecule has 0 aromatic rings. The van der Waals surface area contributed by atoms with Crippen LogP contribution in [0.3, 0.4) is 0 Å². The van der Waals surface area contributed by atoms with Gasteiger partial charge >= 0.3 is 5.97 Å². The minimum Gasteiger partial charge on any atom is -0.459 e. The number of esters is 1. The summed E-state index contributed by atoms with van der Waals surface area (Å²) < 4.78 is 5.81. The average Bonchev–Trinajstić information content (AvgIpc) is 2.90. The van der Waals surface area contributed by atoms with E-state index in [1.807, 2.05) is 13.8 Å². The molecule has 0 saturated heterocycles. The van der Waals surface area contributed by atoms with E-state index in [0.717, 1.165) is 19.3 Å². The molecule has 234 valence electrons. The summed E-state index contributed by atoms with van der Waals surface area (Å²) in [7, 11) is 0. The molecule has 0 aliphatic rings. The van der Waals surface area contributed by atoms with Gasteiger partial charge in [-0.05, 0) is 47.0 Å². The Kier molecular flexibility index (Phi) is 26.0. The molecule has 0 heterocycles. The highest BCUT2D eigenvalue weighted by atomic mass is 16.6. The summed E-state index contributed by atoms with van der Waals surface area (Å²) in [5.74, 6) is -0.0511. The SMILES string of the molecule is CCCCCCCCCCCCCCCCCCCCCCCCCCCCC(C)(C)OC(=O)C(C)(C)CC. The highest BCUT2D eigenvalue weighted by molar-refractivity contribution is 5.76. The largest absolute Gasteiger partial charge is 0.459 e. The van der Waals surface area contributed by atoms with Crippen LogP contribution in [0.2, 0.25) is 0 Å². The Morgan fingerprint density at radius 3 is 0.949 bits per heavy atom. The van der Waals surface area contributed by atoms with Crippen molar-refractivity contribution in [2.75, 3.05) is 0 Å². The van der Waals surface area contributed by atoms with Crippen LogP contribution in [0.25, 0.3) is 0 Å². The van der Waals surface area contributed by atoms with Crippen LogP contribution in [0.1, 0.15) is 221 Å². The van der Waals surface area contributed by atoms with Crippen molar-refractivity contribution in [3.05, 3.63) is 0 Å². The first-order valence-corrected chi connectivity index (χ1v) is 18.0. The Morgan fingerprint density at radius 2 is 0.692 bits per heavy atom. The van der Waals surface area contributed by atoms with Gasteiger partial charge in [0.05, 0.1) is 5.41 Å². The molecule has 0 atom stereocenters. The van der Waals surface area contributed by atoms with Crippen molar-refractivity contribution in [2.45, 2.75) is 227 Å². The zero-order valence-corrected chi connectivity index (χ0v) is 28.1. The molecule has 0 aliphatic heterocycles. The number of unbranched alkanes of at least 4 members (excludes halogenated alkanes) is 25. The average molecular weight is 551 g/mol. The third kappa shape index (κ3) is 26.1. The van der Waals surface area contributed by atoms with E-state index < -0.39 is 0 Å². The lowest BCUT2D eigenvalue weighted by atomic mass is 9.90. The standard InChI is InChI=1S/C37H74O2/c1-7-9-10-11-12-13-14-15-16-17-18-19-20-21-22-23-24-25-26-27-28-29-30-31-32-33-34-37(5,6)39-35(38)36(3,4)8-2/h7-34H2,1-6H3. The molecular weight excluding hydrogens is 476 g/mol. The van der Waals surface area contributed by atoms with Crippen LogP contribution in [-0.2, 0) is 9.53 Å². The van der Waals surface area contributed by atoms with Crippen LogP contribution in [0.15, 0.2) is 0 Å². The first kappa shape index (κ1) is 38.5. The number of hydrogen-bond donors (Lipinski definition) is 0. The molecule has 0 saturated carbocycles. The summed E-state index contributed by atoms with van der Waals surface area (Å²) in [5.41, 5.74) is -0.709. The molecule has 0 amide bonds. The van der Waals surface area contributed by atoms with Crippen LogP contribution in [-0.4, -0.2) is 11.6 Å². The molecule has 0 spiro atoms. The van der Waals surface area contributed by atoms with Gasteiger partial charge in [0.2, 0.25) is 0 Å². The zero-order valence-electron chi connectivity index (χ0n) is 28.1. The summed E-state index contributed by atoms with van der Waals surface area (Å²) in [6.45, 7) is 12.4. The fourth-order valence-corrected chi connectivity index (χ4v) is 5.45. The van der Waals surface area contributed by atoms with Gasteiger partial charge < -0.3 is 4.74 Å². The number of ether oxygens (including phenoxy) is 1. The lowest BCUT2D eigenvalue weighted by Gasteiger charge is -2.30. The van der Waals surface area contributed by atoms with Gasteiger partial charge in [0, 0.05) is 0 Å². The highest BCUT2D eigenvalue weighted by Gasteiger charge is 2.32. The van der Waals surface area contributed by atoms with E-state index >= 15 is 0 Å². The minimum absolute atomic E-state index is 0.0511. The summed E-state index contributed by atoms with van der Waals surface area (Å²) in [6.07, 6.45) is 38.8. The number of rotatable bonds is 30. The molecule has 0 unspecified atom stereocenters. The fourth-order valence-electron chi connectivity index (χ4n) is 5.45. The first-order chi connectivity index (χ1) is 18.7.